The number of ether oxygens (including phenoxy) is 1. The van der Waals surface area contributed by atoms with Crippen molar-refractivity contribution in [3.63, 3.8) is 0 Å². The SMILES string of the molecule is CCOC(=O)c1nc2ccnn2c(Cl)c1C. The molecule has 16 heavy (non-hydrogen) atoms. The van der Waals surface area contributed by atoms with Crippen LogP contribution in [0.15, 0.2) is 12.3 Å². The molecule has 2 heterocycles. The zero-order valence-electron chi connectivity index (χ0n) is 8.90. The summed E-state index contributed by atoms with van der Waals surface area (Å²) < 4.78 is 6.37. The van der Waals surface area contributed by atoms with Gasteiger partial charge in [0.15, 0.2) is 11.3 Å². The number of rotatable bonds is 2. The fourth-order valence-electron chi connectivity index (χ4n) is 1.39. The van der Waals surface area contributed by atoms with Crippen molar-refractivity contribution in [3.05, 3.63) is 28.7 Å². The van der Waals surface area contributed by atoms with Crippen LogP contribution in [0.5, 0.6) is 0 Å². The van der Waals surface area contributed by atoms with E-state index in [0.29, 0.717) is 23.0 Å². The van der Waals surface area contributed by atoms with E-state index in [-0.39, 0.29) is 5.69 Å². The van der Waals surface area contributed by atoms with Crippen LogP contribution in [0.25, 0.3) is 5.65 Å². The van der Waals surface area contributed by atoms with Crippen molar-refractivity contribution in [2.75, 3.05) is 6.61 Å². The molecule has 6 heteroatoms. The summed E-state index contributed by atoms with van der Waals surface area (Å²) in [5.41, 5.74) is 1.33. The molecule has 2 rings (SSSR count). The van der Waals surface area contributed by atoms with Crippen LogP contribution in [0.2, 0.25) is 5.15 Å². The van der Waals surface area contributed by atoms with E-state index in [2.05, 4.69) is 10.1 Å². The van der Waals surface area contributed by atoms with Gasteiger partial charge in [-0.3, -0.25) is 0 Å². The first-order valence-electron chi connectivity index (χ1n) is 4.82. The lowest BCUT2D eigenvalue weighted by atomic mass is 10.2. The minimum Gasteiger partial charge on any atom is -0.461 e. The molecule has 2 aromatic rings. The number of hydrogen-bond donors (Lipinski definition) is 0. The van der Waals surface area contributed by atoms with Gasteiger partial charge in [0.25, 0.3) is 0 Å². The minimum absolute atomic E-state index is 0.236. The van der Waals surface area contributed by atoms with E-state index in [1.807, 2.05) is 0 Å². The van der Waals surface area contributed by atoms with Crippen LogP contribution in [0.3, 0.4) is 0 Å². The zero-order chi connectivity index (χ0) is 11.7. The topological polar surface area (TPSA) is 56.5 Å². The van der Waals surface area contributed by atoms with Gasteiger partial charge in [0.2, 0.25) is 0 Å². The maximum atomic E-state index is 11.6. The molecule has 0 aliphatic heterocycles. The number of fused-ring (bicyclic) bond motifs is 1. The summed E-state index contributed by atoms with van der Waals surface area (Å²) in [6.07, 6.45) is 1.57. The molecule has 0 aliphatic rings. The molecule has 0 bridgehead atoms. The first kappa shape index (κ1) is 10.9. The van der Waals surface area contributed by atoms with Crippen molar-refractivity contribution in [1.29, 1.82) is 0 Å². The van der Waals surface area contributed by atoms with Crippen molar-refractivity contribution < 1.29 is 9.53 Å². The zero-order valence-corrected chi connectivity index (χ0v) is 9.65. The van der Waals surface area contributed by atoms with E-state index in [1.54, 1.807) is 26.1 Å². The van der Waals surface area contributed by atoms with Gasteiger partial charge in [-0.15, -0.1) is 0 Å². The number of halogens is 1. The molecule has 0 fully saturated rings. The van der Waals surface area contributed by atoms with Crippen LogP contribution in [0.4, 0.5) is 0 Å². The fraction of sp³-hybridized carbons (Fsp3) is 0.300. The fourth-order valence-corrected chi connectivity index (χ4v) is 1.61. The van der Waals surface area contributed by atoms with Gasteiger partial charge in [0.1, 0.15) is 5.15 Å². The molecule has 0 N–H and O–H groups in total. The highest BCUT2D eigenvalue weighted by Gasteiger charge is 2.17. The quantitative estimate of drug-likeness (QED) is 0.593. The monoisotopic (exact) mass is 239 g/mol. The van der Waals surface area contributed by atoms with Gasteiger partial charge >= 0.3 is 5.97 Å². The Morgan fingerprint density at radius 3 is 3.06 bits per heavy atom. The predicted octanol–water partition coefficient (Wildman–Crippen LogP) is 1.87. The Labute approximate surface area is 97.0 Å². The molecule has 0 atom stereocenters. The molecule has 0 spiro atoms. The van der Waals surface area contributed by atoms with Crippen LogP contribution in [-0.2, 0) is 4.74 Å². The third-order valence-electron chi connectivity index (χ3n) is 2.17. The third kappa shape index (κ3) is 1.63. The van der Waals surface area contributed by atoms with Gasteiger partial charge in [-0.1, -0.05) is 11.6 Å². The maximum Gasteiger partial charge on any atom is 0.357 e. The first-order valence-corrected chi connectivity index (χ1v) is 5.20. The van der Waals surface area contributed by atoms with Crippen molar-refractivity contribution >= 4 is 23.2 Å². The molecule has 5 nitrogen and oxygen atoms in total. The van der Waals surface area contributed by atoms with E-state index in [1.165, 1.54) is 4.52 Å². The van der Waals surface area contributed by atoms with E-state index < -0.39 is 5.97 Å². The predicted molar refractivity (Wildman–Crippen MR) is 58.7 cm³/mol. The molecule has 0 saturated heterocycles. The first-order chi connectivity index (χ1) is 7.65. The van der Waals surface area contributed by atoms with Gasteiger partial charge in [-0.2, -0.15) is 5.10 Å². The minimum atomic E-state index is -0.467. The summed E-state index contributed by atoms with van der Waals surface area (Å²) in [6, 6.07) is 1.67. The second kappa shape index (κ2) is 4.09. The normalized spacial score (nSPS) is 10.7. The van der Waals surface area contributed by atoms with Crippen LogP contribution < -0.4 is 0 Å². The summed E-state index contributed by atoms with van der Waals surface area (Å²) in [7, 11) is 0. The Bertz CT molecular complexity index is 550. The average molecular weight is 240 g/mol. The second-order valence-electron chi connectivity index (χ2n) is 3.20. The van der Waals surface area contributed by atoms with E-state index in [4.69, 9.17) is 16.3 Å². The highest BCUT2D eigenvalue weighted by atomic mass is 35.5. The van der Waals surface area contributed by atoms with Crippen LogP contribution in [-0.4, -0.2) is 27.2 Å². The lowest BCUT2D eigenvalue weighted by molar-refractivity contribution is 0.0518. The largest absolute Gasteiger partial charge is 0.461 e. The molecule has 0 aromatic carbocycles. The van der Waals surface area contributed by atoms with Crippen molar-refractivity contribution in [2.24, 2.45) is 0 Å². The van der Waals surface area contributed by atoms with Crippen molar-refractivity contribution in [1.82, 2.24) is 14.6 Å². The molecule has 0 unspecified atom stereocenters. The van der Waals surface area contributed by atoms with E-state index >= 15 is 0 Å². The molecule has 0 saturated carbocycles. The Hall–Kier alpha value is -1.62. The molecular formula is C10H10ClN3O2. The Morgan fingerprint density at radius 2 is 2.38 bits per heavy atom. The Balaban J connectivity index is 2.61. The molecule has 0 amide bonds. The maximum absolute atomic E-state index is 11.6. The summed E-state index contributed by atoms with van der Waals surface area (Å²) in [5, 5.41) is 4.37. The van der Waals surface area contributed by atoms with Gasteiger partial charge in [0, 0.05) is 11.6 Å². The van der Waals surface area contributed by atoms with Crippen molar-refractivity contribution in [2.45, 2.75) is 13.8 Å². The van der Waals surface area contributed by atoms with Gasteiger partial charge in [0.05, 0.1) is 12.8 Å². The summed E-state index contributed by atoms with van der Waals surface area (Å²) >= 11 is 6.07. The summed E-state index contributed by atoms with van der Waals surface area (Å²) in [4.78, 5) is 15.8. The smallest absolute Gasteiger partial charge is 0.357 e. The molecule has 0 aliphatic carbocycles. The number of nitrogens with zero attached hydrogens (tertiary/aromatic N) is 3. The molecule has 2 aromatic heterocycles. The van der Waals surface area contributed by atoms with E-state index in [9.17, 15) is 4.79 Å². The number of carbonyl (C=O) groups is 1. The lowest BCUT2D eigenvalue weighted by Gasteiger charge is -2.07. The van der Waals surface area contributed by atoms with Crippen LogP contribution in [0.1, 0.15) is 23.0 Å². The average Bonchev–Trinajstić information content (AvgIpc) is 2.71. The second-order valence-corrected chi connectivity index (χ2v) is 3.56. The highest BCUT2D eigenvalue weighted by molar-refractivity contribution is 6.30. The lowest BCUT2D eigenvalue weighted by Crippen LogP contribution is -2.11. The molecular weight excluding hydrogens is 230 g/mol. The van der Waals surface area contributed by atoms with Crippen LogP contribution >= 0.6 is 11.6 Å². The Kier molecular flexibility index (Phi) is 2.78. The number of hydrogen-bond acceptors (Lipinski definition) is 4. The van der Waals surface area contributed by atoms with Gasteiger partial charge in [-0.25, -0.2) is 14.3 Å². The van der Waals surface area contributed by atoms with Crippen molar-refractivity contribution in [3.8, 4) is 0 Å². The number of esters is 1. The standard InChI is InChI=1S/C10H10ClN3O2/c1-3-16-10(15)8-6(2)9(11)14-7(13-8)4-5-12-14/h4-5H,3H2,1-2H3. The third-order valence-corrected chi connectivity index (χ3v) is 2.61. The van der Waals surface area contributed by atoms with Gasteiger partial charge in [-0.05, 0) is 13.8 Å². The Morgan fingerprint density at radius 1 is 1.62 bits per heavy atom. The summed E-state index contributed by atoms with van der Waals surface area (Å²) in [6.45, 7) is 3.76. The number of aromatic nitrogens is 3. The summed E-state index contributed by atoms with van der Waals surface area (Å²) in [5.74, 6) is -0.467. The van der Waals surface area contributed by atoms with E-state index in [0.717, 1.165) is 0 Å². The van der Waals surface area contributed by atoms with Crippen LogP contribution in [0, 0.1) is 6.92 Å². The molecule has 0 radical (unpaired) electrons. The number of carbonyl (C=O) groups excluding carboxylic acids is 1. The van der Waals surface area contributed by atoms with Gasteiger partial charge < -0.3 is 4.74 Å². The highest BCUT2D eigenvalue weighted by Crippen LogP contribution is 2.19. The molecule has 84 valence electrons.